The average molecular weight is 397 g/mol. The van der Waals surface area contributed by atoms with Crippen molar-refractivity contribution in [1.82, 2.24) is 25.0 Å². The van der Waals surface area contributed by atoms with Crippen LogP contribution < -0.4 is 29.6 Å². The third kappa shape index (κ3) is 5.58. The number of piperidine rings is 1. The second-order valence-electron chi connectivity index (χ2n) is 5.50. The zero-order valence-electron chi connectivity index (χ0n) is 14.3. The molecule has 2 atom stereocenters. The van der Waals surface area contributed by atoms with Crippen LogP contribution in [-0.2, 0) is 37.2 Å². The maximum absolute atomic E-state index is 12.2. The molecule has 0 aromatic carbocycles. The Labute approximate surface area is 171 Å². The van der Waals surface area contributed by atoms with Crippen LogP contribution in [0.25, 0.3) is 0 Å². The van der Waals surface area contributed by atoms with Gasteiger partial charge in [0.05, 0.1) is 24.3 Å². The smallest absolute Gasteiger partial charge is 0.724 e. The van der Waals surface area contributed by atoms with Crippen LogP contribution in [0, 0.1) is 0 Å². The maximum atomic E-state index is 12.2. The summed E-state index contributed by atoms with van der Waals surface area (Å²) in [5, 5.41) is 8.68. The first-order valence-electron chi connectivity index (χ1n) is 7.42. The first kappa shape index (κ1) is 22.7. The molecule has 0 radical (unpaired) electrons. The Morgan fingerprint density at radius 2 is 2.04 bits per heavy atom. The Bertz CT molecular complexity index is 764. The molecule has 12 nitrogen and oxygen atoms in total. The summed E-state index contributed by atoms with van der Waals surface area (Å²) in [6.07, 6.45) is 4.09. The van der Waals surface area contributed by atoms with Gasteiger partial charge in [0.1, 0.15) is 0 Å². The molecule has 2 saturated heterocycles. The molecule has 3 rings (SSSR count). The number of aryl methyl sites for hydroxylation is 1. The monoisotopic (exact) mass is 397 g/mol. The van der Waals surface area contributed by atoms with Gasteiger partial charge in [0.25, 0.3) is 0 Å². The molecule has 2 aliphatic heterocycles. The molecule has 0 N–H and O–H groups in total. The zero-order valence-corrected chi connectivity index (χ0v) is 17.1. The molecule has 0 spiro atoms. The van der Waals surface area contributed by atoms with E-state index in [-0.39, 0.29) is 41.8 Å². The van der Waals surface area contributed by atoms with E-state index in [2.05, 4.69) is 14.6 Å². The maximum Gasteiger partial charge on any atom is 1.00 e. The number of carbonyl (C=O) groups excluding carboxylic acids is 3. The SMILES string of the molecule is CCc1cn(C[C@@H]2CC[C@@H]3CN2C(=O)N3OS(=O)(=O)[O-])nn1.O=C=O.[Na+]. The summed E-state index contributed by atoms with van der Waals surface area (Å²) in [7, 11) is -4.95. The van der Waals surface area contributed by atoms with E-state index in [0.717, 1.165) is 12.1 Å². The minimum absolute atomic E-state index is 0. The van der Waals surface area contributed by atoms with Crippen LogP contribution in [0.15, 0.2) is 6.20 Å². The number of rotatable bonds is 5. The van der Waals surface area contributed by atoms with Crippen LogP contribution >= 0.6 is 0 Å². The minimum Gasteiger partial charge on any atom is -0.724 e. The summed E-state index contributed by atoms with van der Waals surface area (Å²) < 4.78 is 38.1. The van der Waals surface area contributed by atoms with Crippen LogP contribution in [-0.4, -0.2) is 68.7 Å². The van der Waals surface area contributed by atoms with Gasteiger partial charge >= 0.3 is 41.7 Å². The molecule has 2 bridgehead atoms. The van der Waals surface area contributed by atoms with Gasteiger partial charge < -0.3 is 9.45 Å². The Morgan fingerprint density at radius 3 is 2.58 bits per heavy atom. The third-order valence-corrected chi connectivity index (χ3v) is 4.31. The minimum atomic E-state index is -4.95. The van der Waals surface area contributed by atoms with Gasteiger partial charge in [0.15, 0.2) is 0 Å². The van der Waals surface area contributed by atoms with E-state index in [1.165, 1.54) is 4.90 Å². The number of hydroxylamine groups is 2. The second kappa shape index (κ2) is 9.55. The fraction of sp³-hybridized carbons (Fsp3) is 0.667. The van der Waals surface area contributed by atoms with Gasteiger partial charge in [-0.05, 0) is 19.3 Å². The van der Waals surface area contributed by atoms with E-state index >= 15 is 0 Å². The summed E-state index contributed by atoms with van der Waals surface area (Å²) >= 11 is 0. The van der Waals surface area contributed by atoms with Crippen molar-refractivity contribution in [3.05, 3.63) is 11.9 Å². The summed E-state index contributed by atoms with van der Waals surface area (Å²) in [4.78, 5) is 30.0. The van der Waals surface area contributed by atoms with E-state index in [9.17, 15) is 17.8 Å². The number of carbonyl (C=O) groups is 1. The number of urea groups is 1. The Kier molecular flexibility index (Phi) is 8.34. The van der Waals surface area contributed by atoms with Crippen molar-refractivity contribution in [3.63, 3.8) is 0 Å². The van der Waals surface area contributed by atoms with Gasteiger partial charge in [0.2, 0.25) is 10.4 Å². The van der Waals surface area contributed by atoms with E-state index < -0.39 is 22.5 Å². The zero-order chi connectivity index (χ0) is 18.6. The molecule has 138 valence electrons. The summed E-state index contributed by atoms with van der Waals surface area (Å²) in [5.74, 6) is 0. The van der Waals surface area contributed by atoms with E-state index in [1.807, 2.05) is 13.1 Å². The molecule has 0 unspecified atom stereocenters. The Balaban J connectivity index is 0.000000791. The van der Waals surface area contributed by atoms with Crippen molar-refractivity contribution >= 4 is 22.6 Å². The third-order valence-electron chi connectivity index (χ3n) is 3.96. The molecule has 1 aromatic heterocycles. The molecule has 0 saturated carbocycles. The van der Waals surface area contributed by atoms with Gasteiger partial charge in [-0.15, -0.1) is 5.10 Å². The van der Waals surface area contributed by atoms with Crippen LogP contribution in [0.4, 0.5) is 4.79 Å². The van der Waals surface area contributed by atoms with Crippen molar-refractivity contribution in [3.8, 4) is 0 Å². The molecule has 2 aliphatic rings. The molecule has 14 heteroatoms. The number of nitrogens with zero attached hydrogens (tertiary/aromatic N) is 5. The van der Waals surface area contributed by atoms with E-state index in [0.29, 0.717) is 31.0 Å². The first-order chi connectivity index (χ1) is 11.8. The van der Waals surface area contributed by atoms with Crippen LogP contribution in [0.5, 0.6) is 0 Å². The molecule has 1 aromatic rings. The Hall–Kier alpha value is -1.34. The molecular formula is C12H16N5NaO7S. The standard InChI is InChI=1S/C11H17N5O5S.CO2.Na/c1-2-8-5-14(13-12-8)6-9-3-4-10-7-15(9)11(17)16(10)21-22(18,19)20;2-1-3;/h5,9-10H,2-4,6-7H2,1H3,(H,18,19,20);;/q;;+1/p-1/t9-,10+;;/m0../s1. The van der Waals surface area contributed by atoms with Gasteiger partial charge in [-0.2, -0.15) is 18.9 Å². The van der Waals surface area contributed by atoms with Crippen molar-refractivity contribution in [2.75, 3.05) is 6.54 Å². The number of hydrogen-bond donors (Lipinski definition) is 0. The topological polar surface area (TPSA) is 155 Å². The number of hydrogen-bond acceptors (Lipinski definition) is 9. The summed E-state index contributed by atoms with van der Waals surface area (Å²) in [6, 6.07) is -1.13. The molecule has 2 amide bonds. The van der Waals surface area contributed by atoms with Crippen LogP contribution in [0.2, 0.25) is 0 Å². The van der Waals surface area contributed by atoms with Gasteiger partial charge in [0, 0.05) is 12.7 Å². The second-order valence-corrected chi connectivity index (χ2v) is 6.46. The number of aromatic nitrogens is 3. The van der Waals surface area contributed by atoms with Crippen molar-refractivity contribution < 1.29 is 61.2 Å². The average Bonchev–Trinajstić information content (AvgIpc) is 3.08. The fourth-order valence-electron chi connectivity index (χ4n) is 2.90. The Morgan fingerprint density at radius 1 is 1.38 bits per heavy atom. The number of amides is 2. The van der Waals surface area contributed by atoms with E-state index in [1.54, 1.807) is 4.68 Å². The van der Waals surface area contributed by atoms with Crippen LogP contribution in [0.1, 0.15) is 25.5 Å². The van der Waals surface area contributed by atoms with Crippen molar-refractivity contribution in [2.24, 2.45) is 0 Å². The van der Waals surface area contributed by atoms with E-state index in [4.69, 9.17) is 9.59 Å². The molecule has 3 heterocycles. The van der Waals surface area contributed by atoms with Gasteiger partial charge in [-0.3, -0.25) is 4.68 Å². The summed E-state index contributed by atoms with van der Waals surface area (Å²) in [6.45, 7) is 2.79. The van der Waals surface area contributed by atoms with Gasteiger partial charge in [-0.25, -0.2) is 13.2 Å². The summed E-state index contributed by atoms with van der Waals surface area (Å²) in [5.41, 5.74) is 0.865. The molecular weight excluding hydrogens is 381 g/mol. The predicted molar refractivity (Wildman–Crippen MR) is 75.9 cm³/mol. The fourth-order valence-corrected chi connectivity index (χ4v) is 3.29. The molecule has 0 aliphatic carbocycles. The molecule has 26 heavy (non-hydrogen) atoms. The van der Waals surface area contributed by atoms with Crippen molar-refractivity contribution in [2.45, 2.75) is 44.8 Å². The van der Waals surface area contributed by atoms with Crippen LogP contribution in [0.3, 0.4) is 0 Å². The number of fused-ring (bicyclic) bond motifs is 2. The van der Waals surface area contributed by atoms with Gasteiger partial charge in [-0.1, -0.05) is 12.1 Å². The predicted octanol–water partition coefficient (Wildman–Crippen LogP) is -4.08. The largest absolute Gasteiger partial charge is 1.00 e. The molecule has 2 fully saturated rings. The first-order valence-corrected chi connectivity index (χ1v) is 8.76. The quantitative estimate of drug-likeness (QED) is 0.274. The normalized spacial score (nSPS) is 21.5. The van der Waals surface area contributed by atoms with Crippen molar-refractivity contribution in [1.29, 1.82) is 0 Å².